The van der Waals surface area contributed by atoms with Gasteiger partial charge in [0, 0.05) is 45.1 Å². The van der Waals surface area contributed by atoms with Crippen molar-refractivity contribution in [3.05, 3.63) is 16.9 Å². The summed E-state index contributed by atoms with van der Waals surface area (Å²) in [5.41, 5.74) is 5.56. The van der Waals surface area contributed by atoms with Crippen molar-refractivity contribution in [1.29, 1.82) is 0 Å². The van der Waals surface area contributed by atoms with Crippen LogP contribution < -0.4 is 10.6 Å². The van der Waals surface area contributed by atoms with Gasteiger partial charge in [-0.3, -0.25) is 4.79 Å². The second-order valence-corrected chi connectivity index (χ2v) is 6.73. The molecule has 1 saturated carbocycles. The fourth-order valence-electron chi connectivity index (χ4n) is 3.02. The lowest BCUT2D eigenvalue weighted by molar-refractivity contribution is -0.147. The van der Waals surface area contributed by atoms with Gasteiger partial charge in [0.05, 0.1) is 9.89 Å². The molecule has 2 fully saturated rings. The lowest BCUT2D eigenvalue weighted by Crippen LogP contribution is -2.57. The molecule has 1 aliphatic heterocycles. The fourth-order valence-corrected chi connectivity index (χ4v) is 3.23. The van der Waals surface area contributed by atoms with Gasteiger partial charge in [0.25, 0.3) is 0 Å². The van der Waals surface area contributed by atoms with E-state index in [9.17, 15) is 4.79 Å². The smallest absolute Gasteiger partial charge is 0.230 e. The number of halogens is 1. The molecular weight excluding hydrogens is 334 g/mol. The van der Waals surface area contributed by atoms with E-state index in [0.717, 1.165) is 55.9 Å². The van der Waals surface area contributed by atoms with Crippen molar-refractivity contribution in [3.63, 3.8) is 0 Å². The first-order valence-electron chi connectivity index (χ1n) is 7.37. The highest BCUT2D eigenvalue weighted by molar-refractivity contribution is 9.10. The number of rotatable bonds is 3. The first kappa shape index (κ1) is 14.7. The molecule has 21 heavy (non-hydrogen) atoms. The van der Waals surface area contributed by atoms with Gasteiger partial charge < -0.3 is 15.5 Å². The van der Waals surface area contributed by atoms with E-state index in [-0.39, 0.29) is 11.3 Å². The van der Waals surface area contributed by atoms with Crippen LogP contribution in [-0.2, 0) is 4.79 Å². The summed E-state index contributed by atoms with van der Waals surface area (Å²) in [4.78, 5) is 25.3. The van der Waals surface area contributed by atoms with E-state index < -0.39 is 0 Å². The Morgan fingerprint density at radius 1 is 1.24 bits per heavy atom. The van der Waals surface area contributed by atoms with Crippen molar-refractivity contribution in [2.45, 2.75) is 19.3 Å². The zero-order chi connectivity index (χ0) is 14.9. The minimum Gasteiger partial charge on any atom is -0.339 e. The standard InChI is InChI=1S/C14H20BrN5O/c15-11-8-17-13(18-9-11)20-6-4-19(5-7-20)12(21)14(10-16)2-1-3-14/h8-9H,1-7,10,16H2. The molecule has 6 nitrogen and oxygen atoms in total. The molecule has 3 rings (SSSR count). The molecule has 0 bridgehead atoms. The van der Waals surface area contributed by atoms with E-state index in [1.54, 1.807) is 12.4 Å². The van der Waals surface area contributed by atoms with Gasteiger partial charge in [-0.25, -0.2) is 9.97 Å². The van der Waals surface area contributed by atoms with Crippen LogP contribution in [0.4, 0.5) is 5.95 Å². The number of anilines is 1. The second-order valence-electron chi connectivity index (χ2n) is 5.82. The van der Waals surface area contributed by atoms with Crippen molar-refractivity contribution in [3.8, 4) is 0 Å². The number of aromatic nitrogens is 2. The second kappa shape index (κ2) is 5.88. The molecule has 114 valence electrons. The van der Waals surface area contributed by atoms with E-state index in [1.807, 2.05) is 4.90 Å². The molecule has 7 heteroatoms. The van der Waals surface area contributed by atoms with Gasteiger partial charge in [-0.2, -0.15) is 0 Å². The van der Waals surface area contributed by atoms with Crippen molar-refractivity contribution < 1.29 is 4.79 Å². The van der Waals surface area contributed by atoms with Crippen LogP contribution >= 0.6 is 15.9 Å². The summed E-state index contributed by atoms with van der Waals surface area (Å²) in [6.45, 7) is 3.46. The number of nitrogens with two attached hydrogens (primary N) is 1. The Morgan fingerprint density at radius 3 is 2.33 bits per heavy atom. The van der Waals surface area contributed by atoms with E-state index in [1.165, 1.54) is 0 Å². The number of hydrogen-bond donors (Lipinski definition) is 1. The number of amides is 1. The largest absolute Gasteiger partial charge is 0.339 e. The van der Waals surface area contributed by atoms with Gasteiger partial charge in [0.15, 0.2) is 0 Å². The monoisotopic (exact) mass is 353 g/mol. The molecule has 1 aromatic rings. The topological polar surface area (TPSA) is 75.4 Å². The van der Waals surface area contributed by atoms with Crippen LogP contribution in [0.25, 0.3) is 0 Å². The van der Waals surface area contributed by atoms with Crippen LogP contribution in [0.3, 0.4) is 0 Å². The highest BCUT2D eigenvalue weighted by atomic mass is 79.9. The molecule has 1 saturated heterocycles. The molecule has 1 amide bonds. The third kappa shape index (κ3) is 2.76. The third-order valence-corrected chi connectivity index (χ3v) is 5.02. The zero-order valence-corrected chi connectivity index (χ0v) is 13.5. The van der Waals surface area contributed by atoms with E-state index in [2.05, 4.69) is 30.8 Å². The number of carbonyl (C=O) groups excluding carboxylic acids is 1. The summed E-state index contributed by atoms with van der Waals surface area (Å²) < 4.78 is 0.870. The van der Waals surface area contributed by atoms with Gasteiger partial charge in [0.2, 0.25) is 11.9 Å². The molecule has 2 N–H and O–H groups in total. The maximum atomic E-state index is 12.6. The van der Waals surface area contributed by atoms with Gasteiger partial charge >= 0.3 is 0 Å². The van der Waals surface area contributed by atoms with Gasteiger partial charge in [-0.15, -0.1) is 0 Å². The first-order valence-corrected chi connectivity index (χ1v) is 8.16. The molecule has 0 atom stereocenters. The van der Waals surface area contributed by atoms with Crippen LogP contribution in [-0.4, -0.2) is 53.5 Å². The van der Waals surface area contributed by atoms with Crippen molar-refractivity contribution in [1.82, 2.24) is 14.9 Å². The molecule has 1 aliphatic carbocycles. The van der Waals surface area contributed by atoms with Gasteiger partial charge in [0.1, 0.15) is 0 Å². The predicted octanol–water partition coefficient (Wildman–Crippen LogP) is 1.02. The van der Waals surface area contributed by atoms with E-state index >= 15 is 0 Å². The summed E-state index contributed by atoms with van der Waals surface area (Å²) in [6.07, 6.45) is 6.50. The zero-order valence-electron chi connectivity index (χ0n) is 12.0. The summed E-state index contributed by atoms with van der Waals surface area (Å²) in [5.74, 6) is 0.968. The molecule has 0 unspecified atom stereocenters. The highest BCUT2D eigenvalue weighted by Crippen LogP contribution is 2.41. The van der Waals surface area contributed by atoms with Crippen molar-refractivity contribution in [2.75, 3.05) is 37.6 Å². The molecule has 0 spiro atoms. The van der Waals surface area contributed by atoms with E-state index in [4.69, 9.17) is 5.73 Å². The Kier molecular flexibility index (Phi) is 4.12. The Labute approximate surface area is 132 Å². The summed E-state index contributed by atoms with van der Waals surface area (Å²) in [6, 6.07) is 0. The van der Waals surface area contributed by atoms with Crippen LogP contribution in [0.5, 0.6) is 0 Å². The quantitative estimate of drug-likeness (QED) is 0.877. The van der Waals surface area contributed by atoms with E-state index in [0.29, 0.717) is 6.54 Å². The molecule has 1 aromatic heterocycles. The summed E-state index contributed by atoms with van der Waals surface area (Å²) >= 11 is 3.33. The Balaban J connectivity index is 1.60. The number of hydrogen-bond acceptors (Lipinski definition) is 5. The van der Waals surface area contributed by atoms with Crippen LogP contribution in [0.2, 0.25) is 0 Å². The lowest BCUT2D eigenvalue weighted by atomic mass is 9.67. The van der Waals surface area contributed by atoms with Crippen LogP contribution in [0.1, 0.15) is 19.3 Å². The van der Waals surface area contributed by atoms with Gasteiger partial charge in [-0.05, 0) is 28.8 Å². The minimum atomic E-state index is -0.268. The fraction of sp³-hybridized carbons (Fsp3) is 0.643. The minimum absolute atomic E-state index is 0.243. The summed E-state index contributed by atoms with van der Waals surface area (Å²) in [7, 11) is 0. The average molecular weight is 354 g/mol. The Hall–Kier alpha value is -1.21. The summed E-state index contributed by atoms with van der Waals surface area (Å²) in [5, 5.41) is 0. The normalized spacial score (nSPS) is 21.0. The Morgan fingerprint density at radius 2 is 1.86 bits per heavy atom. The van der Waals surface area contributed by atoms with Crippen molar-refractivity contribution >= 4 is 27.8 Å². The number of carbonyl (C=O) groups is 1. The first-order chi connectivity index (χ1) is 10.1. The third-order valence-electron chi connectivity index (χ3n) is 4.61. The van der Waals surface area contributed by atoms with Gasteiger partial charge in [-0.1, -0.05) is 6.42 Å². The molecular formula is C14H20BrN5O. The maximum Gasteiger partial charge on any atom is 0.230 e. The van der Waals surface area contributed by atoms with Crippen LogP contribution in [0, 0.1) is 5.41 Å². The molecule has 0 aromatic carbocycles. The number of piperazine rings is 1. The predicted molar refractivity (Wildman–Crippen MR) is 83.9 cm³/mol. The average Bonchev–Trinajstić information content (AvgIpc) is 2.48. The Bertz CT molecular complexity index is 503. The molecule has 2 aliphatic rings. The SMILES string of the molecule is NCC1(C(=O)N2CCN(c3ncc(Br)cn3)CC2)CCC1. The van der Waals surface area contributed by atoms with Crippen LogP contribution in [0.15, 0.2) is 16.9 Å². The lowest BCUT2D eigenvalue weighted by Gasteiger charge is -2.45. The highest BCUT2D eigenvalue weighted by Gasteiger charge is 2.45. The molecule has 0 radical (unpaired) electrons. The molecule has 2 heterocycles. The van der Waals surface area contributed by atoms with Crippen molar-refractivity contribution in [2.24, 2.45) is 11.1 Å². The maximum absolute atomic E-state index is 12.6. The number of nitrogens with zero attached hydrogens (tertiary/aromatic N) is 4.